The molecule has 0 aliphatic heterocycles. The molecule has 1 aromatic rings. The van der Waals surface area contributed by atoms with Gasteiger partial charge in [0.15, 0.2) is 0 Å². The lowest BCUT2D eigenvalue weighted by Crippen LogP contribution is -2.17. The summed E-state index contributed by atoms with van der Waals surface area (Å²) in [5.41, 5.74) is -0.0651. The Kier molecular flexibility index (Phi) is 4.25. The van der Waals surface area contributed by atoms with Crippen molar-refractivity contribution >= 4 is 5.97 Å². The van der Waals surface area contributed by atoms with Crippen LogP contribution in [0.3, 0.4) is 0 Å². The van der Waals surface area contributed by atoms with Crippen LogP contribution in [-0.4, -0.2) is 30.9 Å². The van der Waals surface area contributed by atoms with E-state index < -0.39 is 11.8 Å². The second-order valence-electron chi connectivity index (χ2n) is 3.30. The molecule has 0 fully saturated rings. The van der Waals surface area contributed by atoms with E-state index in [2.05, 4.69) is 0 Å². The summed E-state index contributed by atoms with van der Waals surface area (Å²) in [4.78, 5) is 10.8. The van der Waals surface area contributed by atoms with Crippen LogP contribution in [0.25, 0.3) is 0 Å². The highest BCUT2D eigenvalue weighted by Crippen LogP contribution is 2.20. The molecular weight excluding hydrogens is 215 g/mol. The molecule has 0 aliphatic carbocycles. The van der Waals surface area contributed by atoms with Crippen molar-refractivity contribution < 1.29 is 23.8 Å². The van der Waals surface area contributed by atoms with Gasteiger partial charge < -0.3 is 14.6 Å². The van der Waals surface area contributed by atoms with Crippen LogP contribution in [-0.2, 0) is 4.74 Å². The molecule has 0 aliphatic rings. The fourth-order valence-corrected chi connectivity index (χ4v) is 1.07. The Morgan fingerprint density at radius 3 is 2.81 bits per heavy atom. The summed E-state index contributed by atoms with van der Waals surface area (Å²) in [7, 11) is 1.51. The van der Waals surface area contributed by atoms with Gasteiger partial charge in [-0.2, -0.15) is 0 Å². The summed E-state index contributed by atoms with van der Waals surface area (Å²) in [5.74, 6) is -1.68. The standard InChI is InChI=1S/C11H13FO4/c1-7(15-2)6-16-10-5-8(12)3-4-9(10)11(13)14/h3-5,7H,6H2,1-2H3,(H,13,14). The minimum absolute atomic E-state index is 0.0106. The molecule has 16 heavy (non-hydrogen) atoms. The molecular formula is C11H13FO4. The predicted molar refractivity (Wildman–Crippen MR) is 55.3 cm³/mol. The van der Waals surface area contributed by atoms with Crippen LogP contribution in [0.4, 0.5) is 4.39 Å². The largest absolute Gasteiger partial charge is 0.490 e. The third kappa shape index (κ3) is 3.20. The smallest absolute Gasteiger partial charge is 0.339 e. The summed E-state index contributed by atoms with van der Waals surface area (Å²) >= 11 is 0. The second kappa shape index (κ2) is 5.46. The Balaban J connectivity index is 2.84. The molecule has 1 atom stereocenters. The molecule has 5 heteroatoms. The van der Waals surface area contributed by atoms with Crippen molar-refractivity contribution in [2.75, 3.05) is 13.7 Å². The molecule has 0 radical (unpaired) electrons. The molecule has 1 aromatic carbocycles. The minimum atomic E-state index is -1.15. The number of carboxylic acids is 1. The number of halogens is 1. The maximum absolute atomic E-state index is 12.9. The Morgan fingerprint density at radius 2 is 2.25 bits per heavy atom. The lowest BCUT2D eigenvalue weighted by Gasteiger charge is -2.13. The molecule has 88 valence electrons. The Hall–Kier alpha value is -1.62. The number of benzene rings is 1. The first-order chi connectivity index (χ1) is 7.54. The van der Waals surface area contributed by atoms with Crippen LogP contribution in [0.2, 0.25) is 0 Å². The van der Waals surface area contributed by atoms with E-state index in [0.29, 0.717) is 0 Å². The lowest BCUT2D eigenvalue weighted by atomic mass is 10.2. The fourth-order valence-electron chi connectivity index (χ4n) is 1.07. The SMILES string of the molecule is COC(C)COc1cc(F)ccc1C(=O)O. The summed E-state index contributed by atoms with van der Waals surface area (Å²) < 4.78 is 23.0. The maximum Gasteiger partial charge on any atom is 0.339 e. The van der Waals surface area contributed by atoms with Crippen molar-refractivity contribution in [1.82, 2.24) is 0 Å². The first-order valence-electron chi connectivity index (χ1n) is 4.73. The zero-order chi connectivity index (χ0) is 12.1. The summed E-state index contributed by atoms with van der Waals surface area (Å²) in [6.45, 7) is 1.93. The normalized spacial score (nSPS) is 12.2. The molecule has 0 saturated heterocycles. The zero-order valence-electron chi connectivity index (χ0n) is 9.07. The molecule has 0 heterocycles. The summed E-state index contributed by atoms with van der Waals surface area (Å²) in [5, 5.41) is 8.85. The van der Waals surface area contributed by atoms with Gasteiger partial charge in [-0.1, -0.05) is 0 Å². The quantitative estimate of drug-likeness (QED) is 0.836. The number of hydrogen-bond acceptors (Lipinski definition) is 3. The average molecular weight is 228 g/mol. The monoisotopic (exact) mass is 228 g/mol. The van der Waals surface area contributed by atoms with Crippen molar-refractivity contribution in [3.63, 3.8) is 0 Å². The molecule has 1 N–H and O–H groups in total. The fraction of sp³-hybridized carbons (Fsp3) is 0.364. The first-order valence-corrected chi connectivity index (χ1v) is 4.73. The molecule has 0 spiro atoms. The van der Waals surface area contributed by atoms with Crippen LogP contribution in [0.5, 0.6) is 5.75 Å². The predicted octanol–water partition coefficient (Wildman–Crippen LogP) is 1.94. The Bertz CT molecular complexity index is 378. The van der Waals surface area contributed by atoms with Crippen LogP contribution >= 0.6 is 0 Å². The number of carbonyl (C=O) groups is 1. The molecule has 1 unspecified atom stereocenters. The van der Waals surface area contributed by atoms with Gasteiger partial charge in [0.25, 0.3) is 0 Å². The Morgan fingerprint density at radius 1 is 1.56 bits per heavy atom. The van der Waals surface area contributed by atoms with Gasteiger partial charge in [0.1, 0.15) is 23.7 Å². The van der Waals surface area contributed by atoms with Crippen molar-refractivity contribution in [3.05, 3.63) is 29.6 Å². The van der Waals surface area contributed by atoms with E-state index in [1.165, 1.54) is 13.2 Å². The number of aromatic carboxylic acids is 1. The van der Waals surface area contributed by atoms with Crippen LogP contribution in [0, 0.1) is 5.82 Å². The van der Waals surface area contributed by atoms with E-state index in [1.807, 2.05) is 0 Å². The molecule has 1 rings (SSSR count). The van der Waals surface area contributed by atoms with Gasteiger partial charge in [0.2, 0.25) is 0 Å². The molecule has 0 bridgehead atoms. The van der Waals surface area contributed by atoms with Crippen LogP contribution in [0.15, 0.2) is 18.2 Å². The molecule has 0 aromatic heterocycles. The minimum Gasteiger partial charge on any atom is -0.490 e. The van der Waals surface area contributed by atoms with Gasteiger partial charge in [-0.15, -0.1) is 0 Å². The van der Waals surface area contributed by atoms with Crippen LogP contribution < -0.4 is 4.74 Å². The van der Waals surface area contributed by atoms with Gasteiger partial charge in [-0.3, -0.25) is 0 Å². The van der Waals surface area contributed by atoms with Crippen molar-refractivity contribution in [2.24, 2.45) is 0 Å². The van der Waals surface area contributed by atoms with E-state index in [4.69, 9.17) is 14.6 Å². The number of hydrogen-bond donors (Lipinski definition) is 1. The summed E-state index contributed by atoms with van der Waals surface area (Å²) in [6.07, 6.45) is -0.190. The van der Waals surface area contributed by atoms with E-state index in [0.717, 1.165) is 12.1 Å². The van der Waals surface area contributed by atoms with Gasteiger partial charge in [-0.05, 0) is 19.1 Å². The second-order valence-corrected chi connectivity index (χ2v) is 3.30. The lowest BCUT2D eigenvalue weighted by molar-refractivity contribution is 0.0645. The van der Waals surface area contributed by atoms with Gasteiger partial charge >= 0.3 is 5.97 Å². The third-order valence-electron chi connectivity index (χ3n) is 2.05. The van der Waals surface area contributed by atoms with Crippen molar-refractivity contribution in [2.45, 2.75) is 13.0 Å². The summed E-state index contributed by atoms with van der Waals surface area (Å²) in [6, 6.07) is 3.30. The van der Waals surface area contributed by atoms with Gasteiger partial charge in [0.05, 0.1) is 6.10 Å². The zero-order valence-corrected chi connectivity index (χ0v) is 9.07. The van der Waals surface area contributed by atoms with Crippen molar-refractivity contribution in [1.29, 1.82) is 0 Å². The number of rotatable bonds is 5. The van der Waals surface area contributed by atoms with E-state index in [1.54, 1.807) is 6.92 Å². The highest BCUT2D eigenvalue weighted by atomic mass is 19.1. The number of ether oxygens (including phenoxy) is 2. The Labute approximate surface area is 92.6 Å². The van der Waals surface area contributed by atoms with Gasteiger partial charge in [-0.25, -0.2) is 9.18 Å². The highest BCUT2D eigenvalue weighted by molar-refractivity contribution is 5.90. The van der Waals surface area contributed by atoms with Crippen LogP contribution in [0.1, 0.15) is 17.3 Å². The van der Waals surface area contributed by atoms with Gasteiger partial charge in [0, 0.05) is 13.2 Å². The first kappa shape index (κ1) is 12.4. The van der Waals surface area contributed by atoms with Crippen molar-refractivity contribution in [3.8, 4) is 5.75 Å². The van der Waals surface area contributed by atoms with E-state index in [-0.39, 0.29) is 24.0 Å². The molecule has 0 saturated carbocycles. The molecule has 0 amide bonds. The average Bonchev–Trinajstić information content (AvgIpc) is 2.25. The van der Waals surface area contributed by atoms with E-state index in [9.17, 15) is 9.18 Å². The maximum atomic E-state index is 12.9. The number of carboxylic acid groups (broad SMARTS) is 1. The highest BCUT2D eigenvalue weighted by Gasteiger charge is 2.13. The third-order valence-corrected chi connectivity index (χ3v) is 2.05. The van der Waals surface area contributed by atoms with E-state index >= 15 is 0 Å². The number of methoxy groups -OCH3 is 1. The molecule has 4 nitrogen and oxygen atoms in total. The topological polar surface area (TPSA) is 55.8 Å².